The van der Waals surface area contributed by atoms with E-state index < -0.39 is 0 Å². The Hall–Kier alpha value is 0.337. The third kappa shape index (κ3) is 18.3. The van der Waals surface area contributed by atoms with Crippen LogP contribution in [0.5, 0.6) is 0 Å². The minimum atomic E-state index is 1.31. The molecule has 0 aromatic carbocycles. The van der Waals surface area contributed by atoms with Gasteiger partial charge in [0.1, 0.15) is 0 Å². The molecule has 0 atom stereocenters. The zero-order valence-corrected chi connectivity index (χ0v) is 13.8. The molecular weight excluding hydrogens is 223 g/mol. The summed E-state index contributed by atoms with van der Waals surface area (Å²) in [5, 5.41) is 1.36. The summed E-state index contributed by atoms with van der Waals surface area (Å²) >= 11 is 2.29. The van der Waals surface area contributed by atoms with Crippen molar-refractivity contribution in [1.29, 1.82) is 0 Å². The fourth-order valence-corrected chi connectivity index (χ4v) is 2.50. The summed E-state index contributed by atoms with van der Waals surface area (Å²) in [7, 11) is 0. The standard InChI is InChI=1S/C18H35.Li/c1-3-5-7-9-11-13-15-17-18-16-14-12-10-8-6-4-2;/h17-18H,1,3-16H2,2H3;. The van der Waals surface area contributed by atoms with Crippen LogP contribution < -0.4 is 0 Å². The first kappa shape index (κ1) is 19.3. The van der Waals surface area contributed by atoms with Crippen LogP contribution >= 0.6 is 0 Å². The van der Waals surface area contributed by atoms with Crippen molar-refractivity contribution in [2.24, 2.45) is 0 Å². The molecule has 0 saturated carbocycles. The van der Waals surface area contributed by atoms with Crippen LogP contribution in [0.2, 0.25) is 5.09 Å². The molecule has 108 valence electrons. The normalized spacial score (nSPS) is 11.5. The van der Waals surface area contributed by atoms with Crippen molar-refractivity contribution >= 4 is 17.7 Å². The summed E-state index contributed by atoms with van der Waals surface area (Å²) in [6, 6.07) is 0. The summed E-state index contributed by atoms with van der Waals surface area (Å²) in [6.07, 6.45) is 24.6. The van der Waals surface area contributed by atoms with E-state index >= 15 is 0 Å². The van der Waals surface area contributed by atoms with E-state index in [1.807, 2.05) is 0 Å². The average Bonchev–Trinajstić information content (AvgIpc) is 2.43. The van der Waals surface area contributed by atoms with Crippen LogP contribution in [0, 0.1) is 0 Å². The van der Waals surface area contributed by atoms with Crippen molar-refractivity contribution < 1.29 is 0 Å². The van der Waals surface area contributed by atoms with Crippen molar-refractivity contribution in [2.45, 2.75) is 102 Å². The third-order valence-electron chi connectivity index (χ3n) is 3.87. The number of allylic oxidation sites excluding steroid dienone is 2. The van der Waals surface area contributed by atoms with E-state index in [1.54, 1.807) is 0 Å². The van der Waals surface area contributed by atoms with Crippen LogP contribution in [-0.4, -0.2) is 17.7 Å². The molecule has 0 aliphatic heterocycles. The fraction of sp³-hybridized carbons (Fsp3) is 0.889. The van der Waals surface area contributed by atoms with Gasteiger partial charge in [-0.25, -0.2) is 0 Å². The van der Waals surface area contributed by atoms with Gasteiger partial charge in [0.2, 0.25) is 0 Å². The Balaban J connectivity index is 3.01. The van der Waals surface area contributed by atoms with E-state index in [2.05, 4.69) is 36.8 Å². The summed E-state index contributed by atoms with van der Waals surface area (Å²) in [5.74, 6) is 0. The molecule has 0 radical (unpaired) electrons. The molecule has 0 aromatic rings. The molecule has 0 fully saturated rings. The predicted molar refractivity (Wildman–Crippen MR) is 90.0 cm³/mol. The van der Waals surface area contributed by atoms with Crippen LogP contribution in [-0.2, 0) is 0 Å². The Bertz CT molecular complexity index is 175. The van der Waals surface area contributed by atoms with Gasteiger partial charge in [-0.1, -0.05) is 39.0 Å². The van der Waals surface area contributed by atoms with Crippen LogP contribution in [0.1, 0.15) is 96.8 Å². The van der Waals surface area contributed by atoms with Crippen LogP contribution in [0.4, 0.5) is 0 Å². The molecule has 0 aliphatic carbocycles. The summed E-state index contributed by atoms with van der Waals surface area (Å²) in [5.41, 5.74) is 0. The van der Waals surface area contributed by atoms with Crippen molar-refractivity contribution in [3.05, 3.63) is 12.2 Å². The molecule has 0 aliphatic rings. The summed E-state index contributed by atoms with van der Waals surface area (Å²) in [6.45, 7) is 2.28. The first-order chi connectivity index (χ1) is 9.41. The maximum absolute atomic E-state index is 2.41. The van der Waals surface area contributed by atoms with Gasteiger partial charge in [0.05, 0.1) is 0 Å². The van der Waals surface area contributed by atoms with E-state index in [0.29, 0.717) is 0 Å². The monoisotopic (exact) mass is 258 g/mol. The Labute approximate surface area is 132 Å². The summed E-state index contributed by atoms with van der Waals surface area (Å²) < 4.78 is 0. The Morgan fingerprint density at radius 1 is 0.579 bits per heavy atom. The van der Waals surface area contributed by atoms with Gasteiger partial charge < -0.3 is 0 Å². The SMILES string of the molecule is [Li][CH2]CCCCCCCC=CCCCCCCCC. The molecule has 0 saturated heterocycles. The molecule has 0 heterocycles. The second-order valence-electron chi connectivity index (χ2n) is 5.94. The number of hydrogen-bond donors (Lipinski definition) is 0. The smallest absolute Gasteiger partial charge is 0.0654 e. The minimum Gasteiger partial charge on any atom is -0.0654 e. The molecule has 0 unspecified atom stereocenters. The zero-order chi connectivity index (χ0) is 14.0. The molecular formula is C18H35Li. The van der Waals surface area contributed by atoms with Crippen LogP contribution in [0.3, 0.4) is 0 Å². The first-order valence-electron chi connectivity index (χ1n) is 9.06. The Morgan fingerprint density at radius 3 is 1.47 bits per heavy atom. The Morgan fingerprint density at radius 2 is 1.00 bits per heavy atom. The predicted octanol–water partition coefficient (Wildman–Crippen LogP) is 6.61. The van der Waals surface area contributed by atoms with Gasteiger partial charge in [0.15, 0.2) is 0 Å². The van der Waals surface area contributed by atoms with Gasteiger partial charge in [-0.05, 0) is 0 Å². The molecule has 0 bridgehead atoms. The van der Waals surface area contributed by atoms with Crippen molar-refractivity contribution in [2.75, 3.05) is 0 Å². The van der Waals surface area contributed by atoms with Gasteiger partial charge >= 0.3 is 92.7 Å². The minimum absolute atomic E-state index is 1.31. The van der Waals surface area contributed by atoms with Crippen LogP contribution in [0.15, 0.2) is 12.2 Å². The van der Waals surface area contributed by atoms with E-state index in [1.165, 1.54) is 95.0 Å². The number of rotatable bonds is 15. The molecule has 1 heteroatoms. The molecule has 0 N–H and O–H groups in total. The van der Waals surface area contributed by atoms with E-state index in [-0.39, 0.29) is 0 Å². The molecule has 0 amide bonds. The van der Waals surface area contributed by atoms with E-state index in [9.17, 15) is 0 Å². The first-order valence-corrected chi connectivity index (χ1v) is 9.06. The second kappa shape index (κ2) is 18.3. The van der Waals surface area contributed by atoms with Crippen molar-refractivity contribution in [3.63, 3.8) is 0 Å². The molecule has 0 rings (SSSR count). The third-order valence-corrected chi connectivity index (χ3v) is 3.87. The van der Waals surface area contributed by atoms with Gasteiger partial charge in [0, 0.05) is 0 Å². The van der Waals surface area contributed by atoms with Gasteiger partial charge in [-0.15, -0.1) is 0 Å². The van der Waals surface area contributed by atoms with Gasteiger partial charge in [0.25, 0.3) is 0 Å². The topological polar surface area (TPSA) is 0 Å². The quantitative estimate of drug-likeness (QED) is 0.176. The molecule has 19 heavy (non-hydrogen) atoms. The summed E-state index contributed by atoms with van der Waals surface area (Å²) in [4.78, 5) is 0. The number of hydrogen-bond acceptors (Lipinski definition) is 0. The van der Waals surface area contributed by atoms with E-state index in [4.69, 9.17) is 0 Å². The fourth-order valence-electron chi connectivity index (χ4n) is 2.50. The van der Waals surface area contributed by atoms with Crippen LogP contribution in [0.25, 0.3) is 0 Å². The van der Waals surface area contributed by atoms with Crippen molar-refractivity contribution in [1.82, 2.24) is 0 Å². The Kier molecular flexibility index (Phi) is 18.7. The zero-order valence-electron chi connectivity index (χ0n) is 13.8. The van der Waals surface area contributed by atoms with Gasteiger partial charge in [-0.3, -0.25) is 0 Å². The molecule has 0 spiro atoms. The second-order valence-corrected chi connectivity index (χ2v) is 5.94. The molecule has 0 nitrogen and oxygen atoms in total. The maximum atomic E-state index is 2.41. The van der Waals surface area contributed by atoms with Gasteiger partial charge in [-0.2, -0.15) is 0 Å². The van der Waals surface area contributed by atoms with Crippen molar-refractivity contribution in [3.8, 4) is 0 Å². The molecule has 0 aromatic heterocycles. The van der Waals surface area contributed by atoms with E-state index in [0.717, 1.165) is 0 Å². The number of unbranched alkanes of at least 4 members (excludes halogenated alkanes) is 12. The average molecular weight is 258 g/mol.